The van der Waals surface area contributed by atoms with Gasteiger partial charge in [0.2, 0.25) is 0 Å². The largest absolute Gasteiger partial charge is 0.255 e. The van der Waals surface area contributed by atoms with Crippen LogP contribution in [0.3, 0.4) is 0 Å². The van der Waals surface area contributed by atoms with Gasteiger partial charge in [0.25, 0.3) is 0 Å². The molecule has 1 aliphatic rings. The molecule has 5 heavy (non-hydrogen) atoms. The lowest BCUT2D eigenvalue weighted by atomic mass is 10.9. The third kappa shape index (κ3) is 23.2. The third-order valence-corrected chi connectivity index (χ3v) is 0.236. The summed E-state index contributed by atoms with van der Waals surface area (Å²) in [6.45, 7) is 0. The number of hydrogen-bond acceptors (Lipinski definition) is 2. The van der Waals surface area contributed by atoms with Crippen molar-refractivity contribution in [3.8, 4) is 0 Å². The summed E-state index contributed by atoms with van der Waals surface area (Å²) in [7, 11) is 0. The predicted octanol–water partition coefficient (Wildman–Crippen LogP) is 0.964. The summed E-state index contributed by atoms with van der Waals surface area (Å²) in [6, 6.07) is 0. The van der Waals surface area contributed by atoms with Crippen LogP contribution in [0.4, 0.5) is 0 Å². The molecule has 2 nitrogen and oxygen atoms in total. The Morgan fingerprint density at radius 3 is 1.40 bits per heavy atom. The summed E-state index contributed by atoms with van der Waals surface area (Å²) >= 11 is 0. The zero-order valence-corrected chi connectivity index (χ0v) is 2.76. The molecular formula is C3H6O2. The highest BCUT2D eigenvalue weighted by atomic mass is 17.0. The molecule has 0 aliphatic heterocycles. The predicted molar refractivity (Wildman–Crippen MR) is 19.0 cm³/mol. The van der Waals surface area contributed by atoms with Gasteiger partial charge in [0, 0.05) is 0 Å². The fraction of sp³-hybridized carbons (Fsp3) is 0.333. The van der Waals surface area contributed by atoms with E-state index in [1.54, 1.807) is 0 Å². The van der Waals surface area contributed by atoms with E-state index >= 15 is 0 Å². The lowest BCUT2D eigenvalue weighted by Gasteiger charge is -1.25. The van der Waals surface area contributed by atoms with Crippen LogP contribution in [0.2, 0.25) is 0 Å². The van der Waals surface area contributed by atoms with Gasteiger partial charge in [-0.2, -0.15) is 0 Å². The second-order valence-corrected chi connectivity index (χ2v) is 0.707. The molecule has 0 bridgehead atoms. The molecule has 2 N–H and O–H groups in total. The van der Waals surface area contributed by atoms with Crippen molar-refractivity contribution in [2.24, 2.45) is 0 Å². The highest BCUT2D eigenvalue weighted by molar-refractivity contribution is 5.02. The average molecular weight is 74.1 g/mol. The van der Waals surface area contributed by atoms with E-state index in [1.165, 1.54) is 6.42 Å². The zero-order valence-electron chi connectivity index (χ0n) is 2.76. The third-order valence-electron chi connectivity index (χ3n) is 0.236. The van der Waals surface area contributed by atoms with Crippen LogP contribution < -0.4 is 0 Å². The normalized spacial score (nSPS) is 12.4. The molecule has 0 atom stereocenters. The highest BCUT2D eigenvalue weighted by Gasteiger charge is 1.75. The van der Waals surface area contributed by atoms with Gasteiger partial charge in [-0.05, 0) is 6.42 Å². The molecule has 0 saturated heterocycles. The molecule has 0 radical (unpaired) electrons. The lowest BCUT2D eigenvalue weighted by molar-refractivity contribution is -0.176. The molecule has 1 aliphatic carbocycles. The fourth-order valence-electron chi connectivity index (χ4n) is 0. The topological polar surface area (TPSA) is 40.5 Å². The van der Waals surface area contributed by atoms with Gasteiger partial charge in [0.05, 0.1) is 0 Å². The van der Waals surface area contributed by atoms with E-state index in [9.17, 15) is 0 Å². The Balaban J connectivity index is 0.0000000733. The van der Waals surface area contributed by atoms with Gasteiger partial charge in [0.15, 0.2) is 0 Å². The molecular weight excluding hydrogens is 68.0 g/mol. The quantitative estimate of drug-likeness (QED) is 0.255. The van der Waals surface area contributed by atoms with Gasteiger partial charge in [-0.3, -0.25) is 10.5 Å². The number of hydrogen-bond donors (Lipinski definition) is 2. The monoisotopic (exact) mass is 74.0 g/mol. The molecule has 0 saturated carbocycles. The van der Waals surface area contributed by atoms with Crippen molar-refractivity contribution in [1.82, 2.24) is 0 Å². The number of rotatable bonds is 0. The molecule has 0 fully saturated rings. The van der Waals surface area contributed by atoms with E-state index in [1.807, 2.05) is 0 Å². The van der Waals surface area contributed by atoms with Crippen LogP contribution in [-0.2, 0) is 0 Å². The molecule has 0 aromatic heterocycles. The second kappa shape index (κ2) is 3.66. The Bertz CT molecular complexity index is 27.9. The summed E-state index contributed by atoms with van der Waals surface area (Å²) in [6.07, 6.45) is 5.50. The van der Waals surface area contributed by atoms with E-state index in [0.29, 0.717) is 0 Å². The average Bonchev–Trinajstić information content (AvgIpc) is 2.19. The molecule has 0 heterocycles. The first kappa shape index (κ1) is 4.66. The van der Waals surface area contributed by atoms with Gasteiger partial charge >= 0.3 is 0 Å². The SMILES string of the molecule is C1=CC1.OO. The van der Waals surface area contributed by atoms with Crippen LogP contribution in [-0.4, -0.2) is 10.5 Å². The summed E-state index contributed by atoms with van der Waals surface area (Å²) < 4.78 is 0. The van der Waals surface area contributed by atoms with Crippen LogP contribution >= 0.6 is 0 Å². The Labute approximate surface area is 30.3 Å². The van der Waals surface area contributed by atoms with Gasteiger partial charge in [0.1, 0.15) is 0 Å². The van der Waals surface area contributed by atoms with Gasteiger partial charge in [-0.25, -0.2) is 0 Å². The van der Waals surface area contributed by atoms with Crippen molar-refractivity contribution in [2.45, 2.75) is 6.42 Å². The minimum atomic E-state index is 1.25. The first-order chi connectivity index (χ1) is 2.50. The summed E-state index contributed by atoms with van der Waals surface area (Å²) in [5.74, 6) is 0. The van der Waals surface area contributed by atoms with Crippen molar-refractivity contribution in [3.05, 3.63) is 12.2 Å². The molecule has 0 unspecified atom stereocenters. The van der Waals surface area contributed by atoms with Crippen LogP contribution in [0.1, 0.15) is 6.42 Å². The van der Waals surface area contributed by atoms with Crippen molar-refractivity contribution < 1.29 is 10.5 Å². The fourth-order valence-corrected chi connectivity index (χ4v) is 0. The second-order valence-electron chi connectivity index (χ2n) is 0.707. The van der Waals surface area contributed by atoms with E-state index in [-0.39, 0.29) is 0 Å². The summed E-state index contributed by atoms with van der Waals surface area (Å²) in [5, 5.41) is 12.0. The molecule has 1 rings (SSSR count). The zero-order chi connectivity index (χ0) is 4.12. The minimum Gasteiger partial charge on any atom is -0.255 e. The van der Waals surface area contributed by atoms with Crippen LogP contribution in [0.15, 0.2) is 12.2 Å². The van der Waals surface area contributed by atoms with Gasteiger partial charge in [-0.15, -0.1) is 0 Å². The Morgan fingerprint density at radius 2 is 1.40 bits per heavy atom. The van der Waals surface area contributed by atoms with Crippen LogP contribution in [0, 0.1) is 0 Å². The maximum Gasteiger partial charge on any atom is -0.0169 e. The standard InChI is InChI=1S/C3H4.H2O2/c1-2-3-1;1-2/h1-2H,3H2;1-2H. The van der Waals surface area contributed by atoms with Crippen molar-refractivity contribution >= 4 is 0 Å². The first-order valence-corrected chi connectivity index (χ1v) is 1.35. The van der Waals surface area contributed by atoms with Crippen molar-refractivity contribution in [3.63, 3.8) is 0 Å². The van der Waals surface area contributed by atoms with E-state index in [4.69, 9.17) is 10.5 Å². The molecule has 2 heteroatoms. The minimum absolute atomic E-state index is 1.25. The van der Waals surface area contributed by atoms with Crippen LogP contribution in [0.5, 0.6) is 0 Å². The van der Waals surface area contributed by atoms with E-state index in [2.05, 4.69) is 12.2 Å². The maximum atomic E-state index is 6.00. The van der Waals surface area contributed by atoms with Crippen molar-refractivity contribution in [1.29, 1.82) is 0 Å². The molecule has 0 aromatic rings. The highest BCUT2D eigenvalue weighted by Crippen LogP contribution is 1.96. The molecule has 0 spiro atoms. The summed E-state index contributed by atoms with van der Waals surface area (Å²) in [4.78, 5) is 0. The smallest absolute Gasteiger partial charge is 0.0169 e. The van der Waals surface area contributed by atoms with Gasteiger partial charge in [-0.1, -0.05) is 12.2 Å². The van der Waals surface area contributed by atoms with Gasteiger partial charge < -0.3 is 0 Å². The Kier molecular flexibility index (Phi) is 3.41. The van der Waals surface area contributed by atoms with Crippen LogP contribution in [0.25, 0.3) is 0 Å². The number of allylic oxidation sites excluding steroid dienone is 2. The first-order valence-electron chi connectivity index (χ1n) is 1.35. The maximum absolute atomic E-state index is 6.00. The molecule has 0 amide bonds. The Hall–Kier alpha value is -0.340. The summed E-state index contributed by atoms with van der Waals surface area (Å²) in [5.41, 5.74) is 0. The molecule has 0 aromatic carbocycles. The van der Waals surface area contributed by atoms with E-state index < -0.39 is 0 Å². The van der Waals surface area contributed by atoms with E-state index in [0.717, 1.165) is 0 Å². The lowest BCUT2D eigenvalue weighted by Crippen LogP contribution is -1.29. The Morgan fingerprint density at radius 1 is 1.20 bits per heavy atom. The van der Waals surface area contributed by atoms with Crippen molar-refractivity contribution in [2.75, 3.05) is 0 Å². The molecule has 30 valence electrons.